The van der Waals surface area contributed by atoms with Crippen molar-refractivity contribution in [2.75, 3.05) is 0 Å². The Hall–Kier alpha value is -0.870. The first-order valence-corrected chi connectivity index (χ1v) is 7.49. The molecule has 0 aliphatic heterocycles. The van der Waals surface area contributed by atoms with E-state index in [1.807, 2.05) is 6.07 Å². The van der Waals surface area contributed by atoms with Gasteiger partial charge in [0.25, 0.3) is 0 Å². The molecule has 1 aliphatic rings. The van der Waals surface area contributed by atoms with Crippen LogP contribution >= 0.6 is 15.9 Å². The van der Waals surface area contributed by atoms with E-state index in [4.69, 9.17) is 9.84 Å². The number of carboxylic acid groups (broad SMARTS) is 1. The van der Waals surface area contributed by atoms with E-state index in [0.29, 0.717) is 18.3 Å². The number of halogens is 1. The van der Waals surface area contributed by atoms with Crippen LogP contribution in [0.3, 0.4) is 0 Å². The molecule has 1 N–H and O–H groups in total. The number of aromatic carboxylic acids is 1. The van der Waals surface area contributed by atoms with Gasteiger partial charge in [0, 0.05) is 4.47 Å². The molecule has 2 unspecified atom stereocenters. The molecule has 19 heavy (non-hydrogen) atoms. The average Bonchev–Trinajstić information content (AvgIpc) is 2.37. The zero-order chi connectivity index (χ0) is 13.8. The Kier molecular flexibility index (Phi) is 4.99. The summed E-state index contributed by atoms with van der Waals surface area (Å²) in [6.45, 7) is 2.81. The van der Waals surface area contributed by atoms with Gasteiger partial charge in [-0.05, 0) is 36.5 Å². The van der Waals surface area contributed by atoms with E-state index >= 15 is 0 Å². The standard InChI is InChI=1S/C15H19BrO3/c1-10-3-2-4-13(7-10)19-9-12-6-5-11(15(17)18)8-14(12)16/h5-6,8,10,13H,2-4,7,9H2,1H3,(H,17,18). The van der Waals surface area contributed by atoms with Crippen LogP contribution in [0.25, 0.3) is 0 Å². The number of benzene rings is 1. The van der Waals surface area contributed by atoms with Crippen LogP contribution in [-0.2, 0) is 11.3 Å². The van der Waals surface area contributed by atoms with Crippen molar-refractivity contribution in [3.63, 3.8) is 0 Å². The Morgan fingerprint density at radius 2 is 2.26 bits per heavy atom. The minimum Gasteiger partial charge on any atom is -0.478 e. The average molecular weight is 327 g/mol. The summed E-state index contributed by atoms with van der Waals surface area (Å²) in [6, 6.07) is 5.07. The summed E-state index contributed by atoms with van der Waals surface area (Å²) in [6.07, 6.45) is 5.15. The van der Waals surface area contributed by atoms with Gasteiger partial charge in [0.05, 0.1) is 18.3 Å². The molecule has 2 rings (SSSR count). The van der Waals surface area contributed by atoms with E-state index < -0.39 is 5.97 Å². The lowest BCUT2D eigenvalue weighted by Gasteiger charge is -2.27. The number of hydrogen-bond acceptors (Lipinski definition) is 2. The van der Waals surface area contributed by atoms with E-state index in [0.717, 1.165) is 28.8 Å². The molecule has 1 fully saturated rings. The minimum absolute atomic E-state index is 0.293. The van der Waals surface area contributed by atoms with Gasteiger partial charge in [-0.1, -0.05) is 41.8 Å². The van der Waals surface area contributed by atoms with Crippen LogP contribution in [0.5, 0.6) is 0 Å². The number of ether oxygens (including phenoxy) is 1. The smallest absolute Gasteiger partial charge is 0.335 e. The lowest BCUT2D eigenvalue weighted by atomic mass is 9.89. The first-order chi connectivity index (χ1) is 9.06. The molecule has 0 bridgehead atoms. The SMILES string of the molecule is CC1CCCC(OCc2ccc(C(=O)O)cc2Br)C1. The van der Waals surface area contributed by atoms with Gasteiger partial charge in [0.1, 0.15) is 0 Å². The molecule has 0 amide bonds. The van der Waals surface area contributed by atoms with Crippen molar-refractivity contribution in [1.82, 2.24) is 0 Å². The molecule has 1 aromatic rings. The van der Waals surface area contributed by atoms with Crippen molar-refractivity contribution < 1.29 is 14.6 Å². The third-order valence-corrected chi connectivity index (χ3v) is 4.40. The zero-order valence-corrected chi connectivity index (χ0v) is 12.6. The third-order valence-electron chi connectivity index (χ3n) is 3.66. The number of hydrogen-bond donors (Lipinski definition) is 1. The van der Waals surface area contributed by atoms with Crippen LogP contribution in [-0.4, -0.2) is 17.2 Å². The second-order valence-electron chi connectivity index (χ2n) is 5.32. The highest BCUT2D eigenvalue weighted by atomic mass is 79.9. The highest BCUT2D eigenvalue weighted by Crippen LogP contribution is 2.27. The second-order valence-corrected chi connectivity index (χ2v) is 6.17. The lowest BCUT2D eigenvalue weighted by molar-refractivity contribution is 0.00441. The van der Waals surface area contributed by atoms with Gasteiger partial charge < -0.3 is 9.84 Å². The van der Waals surface area contributed by atoms with Gasteiger partial charge >= 0.3 is 5.97 Å². The van der Waals surface area contributed by atoms with Crippen molar-refractivity contribution in [2.24, 2.45) is 5.92 Å². The second kappa shape index (κ2) is 6.53. The minimum atomic E-state index is -0.908. The predicted octanol–water partition coefficient (Wildman–Crippen LogP) is 4.24. The molecule has 0 heterocycles. The third kappa shape index (κ3) is 4.05. The molecular formula is C15H19BrO3. The summed E-state index contributed by atoms with van der Waals surface area (Å²) < 4.78 is 6.75. The maximum atomic E-state index is 10.9. The topological polar surface area (TPSA) is 46.5 Å². The molecule has 0 radical (unpaired) electrons. The maximum Gasteiger partial charge on any atom is 0.335 e. The zero-order valence-electron chi connectivity index (χ0n) is 11.1. The molecular weight excluding hydrogens is 308 g/mol. The molecule has 3 nitrogen and oxygen atoms in total. The monoisotopic (exact) mass is 326 g/mol. The van der Waals surface area contributed by atoms with Crippen molar-refractivity contribution in [1.29, 1.82) is 0 Å². The van der Waals surface area contributed by atoms with E-state index in [-0.39, 0.29) is 0 Å². The molecule has 4 heteroatoms. The van der Waals surface area contributed by atoms with Crippen LogP contribution in [0.4, 0.5) is 0 Å². The summed E-state index contributed by atoms with van der Waals surface area (Å²) in [5.41, 5.74) is 1.30. The summed E-state index contributed by atoms with van der Waals surface area (Å²) >= 11 is 3.41. The number of carboxylic acids is 1. The largest absolute Gasteiger partial charge is 0.478 e. The highest BCUT2D eigenvalue weighted by molar-refractivity contribution is 9.10. The molecule has 0 saturated heterocycles. The Balaban J connectivity index is 1.94. The van der Waals surface area contributed by atoms with Gasteiger partial charge in [-0.2, -0.15) is 0 Å². The van der Waals surface area contributed by atoms with Gasteiger partial charge in [-0.25, -0.2) is 4.79 Å². The summed E-state index contributed by atoms with van der Waals surface area (Å²) in [4.78, 5) is 10.9. The van der Waals surface area contributed by atoms with E-state index in [2.05, 4.69) is 22.9 Å². The highest BCUT2D eigenvalue weighted by Gasteiger charge is 2.19. The van der Waals surface area contributed by atoms with Gasteiger partial charge in [0.2, 0.25) is 0 Å². The van der Waals surface area contributed by atoms with E-state index in [9.17, 15) is 4.79 Å². The Morgan fingerprint density at radius 3 is 2.89 bits per heavy atom. The van der Waals surface area contributed by atoms with Crippen LogP contribution < -0.4 is 0 Å². The molecule has 1 aliphatic carbocycles. The number of carbonyl (C=O) groups is 1. The maximum absolute atomic E-state index is 10.9. The quantitative estimate of drug-likeness (QED) is 0.899. The number of rotatable bonds is 4. The fourth-order valence-corrected chi connectivity index (χ4v) is 3.03. The Morgan fingerprint density at radius 1 is 1.47 bits per heavy atom. The predicted molar refractivity (Wildman–Crippen MR) is 77.3 cm³/mol. The van der Waals surface area contributed by atoms with Crippen LogP contribution in [0, 0.1) is 5.92 Å². The van der Waals surface area contributed by atoms with Gasteiger partial charge in [-0.15, -0.1) is 0 Å². The van der Waals surface area contributed by atoms with Crippen LogP contribution in [0.2, 0.25) is 0 Å². The molecule has 1 saturated carbocycles. The fourth-order valence-electron chi connectivity index (χ4n) is 2.53. The first kappa shape index (κ1) is 14.5. The summed E-state index contributed by atoms with van der Waals surface area (Å²) in [7, 11) is 0. The van der Waals surface area contributed by atoms with Crippen molar-refractivity contribution >= 4 is 21.9 Å². The Bertz CT molecular complexity index is 459. The van der Waals surface area contributed by atoms with Gasteiger partial charge in [-0.3, -0.25) is 0 Å². The first-order valence-electron chi connectivity index (χ1n) is 6.69. The van der Waals surface area contributed by atoms with Crippen molar-refractivity contribution in [3.05, 3.63) is 33.8 Å². The van der Waals surface area contributed by atoms with Crippen LogP contribution in [0.15, 0.2) is 22.7 Å². The summed E-state index contributed by atoms with van der Waals surface area (Å²) in [5.74, 6) is -0.161. The Labute approximate surface area is 122 Å². The fraction of sp³-hybridized carbons (Fsp3) is 0.533. The molecule has 0 aromatic heterocycles. The van der Waals surface area contributed by atoms with Crippen LogP contribution in [0.1, 0.15) is 48.5 Å². The van der Waals surface area contributed by atoms with Crippen molar-refractivity contribution in [3.8, 4) is 0 Å². The lowest BCUT2D eigenvalue weighted by Crippen LogP contribution is -2.21. The summed E-state index contributed by atoms with van der Waals surface area (Å²) in [5, 5.41) is 8.91. The van der Waals surface area contributed by atoms with Crippen molar-refractivity contribution in [2.45, 2.75) is 45.3 Å². The van der Waals surface area contributed by atoms with E-state index in [1.54, 1.807) is 12.1 Å². The normalized spacial score (nSPS) is 23.3. The molecule has 104 valence electrons. The van der Waals surface area contributed by atoms with E-state index in [1.165, 1.54) is 12.8 Å². The molecule has 0 spiro atoms. The van der Waals surface area contributed by atoms with Gasteiger partial charge in [0.15, 0.2) is 0 Å². The molecule has 2 atom stereocenters. The molecule has 1 aromatic carbocycles.